The number of aromatic hydroxyl groups is 1. The van der Waals surface area contributed by atoms with Crippen LogP contribution in [0.15, 0.2) is 30.3 Å². The van der Waals surface area contributed by atoms with Gasteiger partial charge in [-0.3, -0.25) is 4.79 Å². The lowest BCUT2D eigenvalue weighted by Gasteiger charge is -2.27. The number of carbonyl (C=O) groups excluding carboxylic acids is 1. The molecule has 0 unspecified atom stereocenters. The molecule has 0 fully saturated rings. The summed E-state index contributed by atoms with van der Waals surface area (Å²) < 4.78 is 5.98. The van der Waals surface area contributed by atoms with Crippen molar-refractivity contribution >= 4 is 34.2 Å². The molecular formula is C18H15NO3. The molecule has 4 nitrogen and oxygen atoms in total. The molecule has 0 spiro atoms. The molecule has 2 heterocycles. The zero-order chi connectivity index (χ0) is 15.5. The summed E-state index contributed by atoms with van der Waals surface area (Å²) in [6.45, 7) is 4.02. The third-order valence-electron chi connectivity index (χ3n) is 4.07. The molecule has 0 saturated heterocycles. The van der Waals surface area contributed by atoms with Crippen LogP contribution in [0.5, 0.6) is 11.5 Å². The molecule has 110 valence electrons. The van der Waals surface area contributed by atoms with Crippen molar-refractivity contribution in [1.29, 1.82) is 0 Å². The van der Waals surface area contributed by atoms with E-state index in [9.17, 15) is 9.90 Å². The largest absolute Gasteiger partial charge is 0.507 e. The minimum atomic E-state index is -0.324. The Morgan fingerprint density at radius 2 is 2.05 bits per heavy atom. The molecule has 1 aliphatic rings. The number of benzene rings is 2. The standard InChI is InChI=1S/C18H15NO3/c1-18(2)6-5-12-16(22-18)4-3-11-13-7-10(9-20)15(21)8-14(13)19-17(11)12/h3-9,19,21H,1-2H3. The number of aromatic amines is 1. The highest BCUT2D eigenvalue weighted by molar-refractivity contribution is 6.12. The maximum Gasteiger partial charge on any atom is 0.153 e. The van der Waals surface area contributed by atoms with Crippen LogP contribution in [-0.4, -0.2) is 22.0 Å². The lowest BCUT2D eigenvalue weighted by molar-refractivity contribution is 0.112. The molecule has 22 heavy (non-hydrogen) atoms. The highest BCUT2D eigenvalue weighted by Gasteiger charge is 2.23. The highest BCUT2D eigenvalue weighted by atomic mass is 16.5. The van der Waals surface area contributed by atoms with E-state index < -0.39 is 0 Å². The van der Waals surface area contributed by atoms with Crippen LogP contribution in [0.2, 0.25) is 0 Å². The Labute approximate surface area is 127 Å². The molecule has 0 bridgehead atoms. The number of rotatable bonds is 1. The van der Waals surface area contributed by atoms with Crippen LogP contribution in [0, 0.1) is 0 Å². The molecule has 1 aromatic heterocycles. The van der Waals surface area contributed by atoms with E-state index in [4.69, 9.17) is 4.74 Å². The van der Waals surface area contributed by atoms with Gasteiger partial charge < -0.3 is 14.8 Å². The first-order valence-electron chi connectivity index (χ1n) is 7.13. The Morgan fingerprint density at radius 1 is 1.23 bits per heavy atom. The molecule has 0 saturated carbocycles. The van der Waals surface area contributed by atoms with Gasteiger partial charge in [0, 0.05) is 22.4 Å². The Balaban J connectivity index is 2.07. The number of phenols is 1. The van der Waals surface area contributed by atoms with Crippen LogP contribution in [0.3, 0.4) is 0 Å². The van der Waals surface area contributed by atoms with E-state index in [1.807, 2.05) is 32.1 Å². The number of H-pyrrole nitrogens is 1. The summed E-state index contributed by atoms with van der Waals surface area (Å²) in [5.74, 6) is 0.808. The van der Waals surface area contributed by atoms with Crippen LogP contribution in [-0.2, 0) is 0 Å². The summed E-state index contributed by atoms with van der Waals surface area (Å²) in [5, 5.41) is 11.8. The number of fused-ring (bicyclic) bond motifs is 5. The molecular weight excluding hydrogens is 278 g/mol. The maximum absolute atomic E-state index is 11.0. The first-order valence-corrected chi connectivity index (χ1v) is 7.13. The molecule has 2 aromatic carbocycles. The van der Waals surface area contributed by atoms with E-state index >= 15 is 0 Å². The lowest BCUT2D eigenvalue weighted by Crippen LogP contribution is -2.27. The zero-order valence-electron chi connectivity index (χ0n) is 12.3. The highest BCUT2D eigenvalue weighted by Crippen LogP contribution is 2.39. The SMILES string of the molecule is CC1(C)C=Cc2c(ccc3c2[nH]c2cc(O)c(C=O)cc23)O1. The molecule has 0 atom stereocenters. The second-order valence-electron chi connectivity index (χ2n) is 6.14. The third-order valence-corrected chi connectivity index (χ3v) is 4.07. The van der Waals surface area contributed by atoms with Crippen molar-refractivity contribution in [3.05, 3.63) is 41.5 Å². The van der Waals surface area contributed by atoms with E-state index in [1.54, 1.807) is 12.1 Å². The van der Waals surface area contributed by atoms with Crippen LogP contribution < -0.4 is 4.74 Å². The van der Waals surface area contributed by atoms with Crippen LogP contribution in [0.1, 0.15) is 29.8 Å². The quantitative estimate of drug-likeness (QED) is 0.666. The fourth-order valence-electron chi connectivity index (χ4n) is 2.98. The number of aromatic nitrogens is 1. The predicted molar refractivity (Wildman–Crippen MR) is 86.6 cm³/mol. The van der Waals surface area contributed by atoms with Crippen molar-refractivity contribution in [2.45, 2.75) is 19.4 Å². The smallest absolute Gasteiger partial charge is 0.153 e. The number of carbonyl (C=O) groups is 1. The maximum atomic E-state index is 11.0. The summed E-state index contributed by atoms with van der Waals surface area (Å²) in [4.78, 5) is 14.4. The van der Waals surface area contributed by atoms with Gasteiger partial charge in [-0.25, -0.2) is 0 Å². The normalized spacial score (nSPS) is 15.7. The molecule has 0 aliphatic carbocycles. The summed E-state index contributed by atoms with van der Waals surface area (Å²) in [5.41, 5.74) is 2.70. The summed E-state index contributed by atoms with van der Waals surface area (Å²) >= 11 is 0. The van der Waals surface area contributed by atoms with Gasteiger partial charge >= 0.3 is 0 Å². The van der Waals surface area contributed by atoms with Gasteiger partial charge in [-0.2, -0.15) is 0 Å². The van der Waals surface area contributed by atoms with Crippen molar-refractivity contribution in [3.8, 4) is 11.5 Å². The van der Waals surface area contributed by atoms with Crippen LogP contribution >= 0.6 is 0 Å². The second-order valence-corrected chi connectivity index (χ2v) is 6.14. The first-order chi connectivity index (χ1) is 10.5. The topological polar surface area (TPSA) is 62.3 Å². The van der Waals surface area contributed by atoms with Crippen molar-refractivity contribution < 1.29 is 14.6 Å². The third kappa shape index (κ3) is 1.73. The summed E-state index contributed by atoms with van der Waals surface area (Å²) in [7, 11) is 0. The van der Waals surface area contributed by atoms with Crippen molar-refractivity contribution in [2.24, 2.45) is 0 Å². The number of aldehydes is 1. The minimum absolute atomic E-state index is 0.0177. The van der Waals surface area contributed by atoms with Gasteiger partial charge in [0.15, 0.2) is 6.29 Å². The van der Waals surface area contributed by atoms with Crippen LogP contribution in [0.25, 0.3) is 27.9 Å². The lowest BCUT2D eigenvalue weighted by atomic mass is 10.00. The van der Waals surface area contributed by atoms with E-state index in [0.29, 0.717) is 11.8 Å². The number of nitrogens with one attached hydrogen (secondary N) is 1. The Kier molecular flexibility index (Phi) is 2.43. The Hall–Kier alpha value is -2.75. The molecule has 1 aliphatic heterocycles. The van der Waals surface area contributed by atoms with Gasteiger partial charge in [0.2, 0.25) is 0 Å². The zero-order valence-corrected chi connectivity index (χ0v) is 12.3. The van der Waals surface area contributed by atoms with Gasteiger partial charge in [0.25, 0.3) is 0 Å². The molecule has 4 heteroatoms. The van der Waals surface area contributed by atoms with E-state index in [1.165, 1.54) is 0 Å². The summed E-state index contributed by atoms with van der Waals surface area (Å²) in [6.07, 6.45) is 4.74. The van der Waals surface area contributed by atoms with Gasteiger partial charge in [-0.05, 0) is 44.2 Å². The second kappa shape index (κ2) is 4.13. The van der Waals surface area contributed by atoms with E-state index in [2.05, 4.69) is 11.1 Å². The Morgan fingerprint density at radius 3 is 2.82 bits per heavy atom. The minimum Gasteiger partial charge on any atom is -0.507 e. The molecule has 0 amide bonds. The number of ether oxygens (including phenoxy) is 1. The van der Waals surface area contributed by atoms with Crippen LogP contribution in [0.4, 0.5) is 0 Å². The van der Waals surface area contributed by atoms with E-state index in [0.717, 1.165) is 33.1 Å². The molecule has 0 radical (unpaired) electrons. The Bertz CT molecular complexity index is 964. The first kappa shape index (κ1) is 13.0. The fraction of sp³-hybridized carbons (Fsp3) is 0.167. The number of phenolic OH excluding ortho intramolecular Hbond substituents is 1. The van der Waals surface area contributed by atoms with Crippen molar-refractivity contribution in [3.63, 3.8) is 0 Å². The monoisotopic (exact) mass is 293 g/mol. The predicted octanol–water partition coefficient (Wildman–Crippen LogP) is 4.02. The van der Waals surface area contributed by atoms with Gasteiger partial charge in [-0.15, -0.1) is 0 Å². The van der Waals surface area contributed by atoms with Gasteiger partial charge in [0.1, 0.15) is 17.1 Å². The average Bonchev–Trinajstić information content (AvgIpc) is 2.82. The number of hydrogen-bond acceptors (Lipinski definition) is 3. The van der Waals surface area contributed by atoms with Crippen molar-refractivity contribution in [1.82, 2.24) is 4.98 Å². The fourth-order valence-corrected chi connectivity index (χ4v) is 2.98. The van der Waals surface area contributed by atoms with Gasteiger partial charge in [-0.1, -0.05) is 0 Å². The summed E-state index contributed by atoms with van der Waals surface area (Å²) in [6, 6.07) is 7.22. The molecule has 4 rings (SSSR count). The van der Waals surface area contributed by atoms with E-state index in [-0.39, 0.29) is 11.4 Å². The number of hydrogen-bond donors (Lipinski definition) is 2. The average molecular weight is 293 g/mol. The molecule has 3 aromatic rings. The van der Waals surface area contributed by atoms with Gasteiger partial charge in [0.05, 0.1) is 16.6 Å². The molecule has 2 N–H and O–H groups in total. The van der Waals surface area contributed by atoms with Crippen molar-refractivity contribution in [2.75, 3.05) is 0 Å².